The van der Waals surface area contributed by atoms with Crippen molar-refractivity contribution in [3.05, 3.63) is 35.4 Å². The van der Waals surface area contributed by atoms with E-state index in [1.807, 2.05) is 0 Å². The maximum atomic E-state index is 12.6. The van der Waals surface area contributed by atoms with E-state index in [9.17, 15) is 24.3 Å². The van der Waals surface area contributed by atoms with Gasteiger partial charge in [0.15, 0.2) is 0 Å². The zero-order valence-corrected chi connectivity index (χ0v) is 17.2. The van der Waals surface area contributed by atoms with Gasteiger partial charge in [-0.2, -0.15) is 0 Å². The second-order valence-electron chi connectivity index (χ2n) is 7.98. The van der Waals surface area contributed by atoms with Gasteiger partial charge in [-0.1, -0.05) is 26.0 Å². The number of ether oxygens (including phenoxy) is 1. The number of fused-ring (bicyclic) bond motifs is 1. The van der Waals surface area contributed by atoms with Crippen LogP contribution < -0.4 is 0 Å². The number of carboxylic acid groups (broad SMARTS) is 1. The van der Waals surface area contributed by atoms with Crippen LogP contribution in [0.15, 0.2) is 24.3 Å². The number of hydrogen-bond acceptors (Lipinski definition) is 6. The number of carbonyl (C=O) groups is 4. The van der Waals surface area contributed by atoms with Crippen LogP contribution in [0.1, 0.15) is 55.3 Å². The van der Waals surface area contributed by atoms with E-state index in [0.717, 1.165) is 4.90 Å². The number of hydrogen-bond donors (Lipinski definition) is 1. The van der Waals surface area contributed by atoms with Gasteiger partial charge < -0.3 is 9.84 Å². The standard InChI is InChI=1S/C20H26N2O7/c1-12(2)15(18(25)26)21(19(27)29-20(3,4)5)10-11-28-22-16(23)13-8-6-7-9-14(13)17(22)24/h6-9,12,15H,10-11H2,1-5H3,(H,25,26). The van der Waals surface area contributed by atoms with E-state index in [4.69, 9.17) is 9.57 Å². The number of nitrogens with zero attached hydrogens (tertiary/aromatic N) is 2. The quantitative estimate of drug-likeness (QED) is 0.692. The Labute approximate surface area is 169 Å². The number of amides is 3. The Kier molecular flexibility index (Phi) is 6.63. The molecule has 0 spiro atoms. The number of benzene rings is 1. The highest BCUT2D eigenvalue weighted by atomic mass is 16.7. The van der Waals surface area contributed by atoms with E-state index in [-0.39, 0.29) is 24.3 Å². The topological polar surface area (TPSA) is 113 Å². The summed E-state index contributed by atoms with van der Waals surface area (Å²) in [6, 6.07) is 5.15. The maximum Gasteiger partial charge on any atom is 0.411 e. The van der Waals surface area contributed by atoms with Crippen LogP contribution in [-0.2, 0) is 14.4 Å². The van der Waals surface area contributed by atoms with Crippen molar-refractivity contribution in [3.8, 4) is 0 Å². The summed E-state index contributed by atoms with van der Waals surface area (Å²) in [7, 11) is 0. The summed E-state index contributed by atoms with van der Waals surface area (Å²) in [5, 5.41) is 10.2. The molecule has 0 fully saturated rings. The van der Waals surface area contributed by atoms with Gasteiger partial charge in [0.1, 0.15) is 11.6 Å². The highest BCUT2D eigenvalue weighted by molar-refractivity contribution is 6.20. The van der Waals surface area contributed by atoms with Gasteiger partial charge >= 0.3 is 12.1 Å². The van der Waals surface area contributed by atoms with E-state index >= 15 is 0 Å². The van der Waals surface area contributed by atoms with E-state index < -0.39 is 41.4 Å². The molecule has 0 saturated carbocycles. The summed E-state index contributed by atoms with van der Waals surface area (Å²) in [4.78, 5) is 55.3. The highest BCUT2D eigenvalue weighted by Gasteiger charge is 2.38. The molecule has 1 aliphatic heterocycles. The summed E-state index contributed by atoms with van der Waals surface area (Å²) < 4.78 is 5.32. The van der Waals surface area contributed by atoms with E-state index in [1.165, 1.54) is 12.1 Å². The van der Waals surface area contributed by atoms with Crippen molar-refractivity contribution < 1.29 is 33.9 Å². The van der Waals surface area contributed by atoms with Crippen LogP contribution >= 0.6 is 0 Å². The fraction of sp³-hybridized carbons (Fsp3) is 0.500. The minimum atomic E-state index is -1.19. The van der Waals surface area contributed by atoms with Gasteiger partial charge in [0.05, 0.1) is 24.3 Å². The largest absolute Gasteiger partial charge is 0.480 e. The molecular weight excluding hydrogens is 380 g/mol. The van der Waals surface area contributed by atoms with Crippen molar-refractivity contribution in [3.63, 3.8) is 0 Å². The molecule has 1 aromatic carbocycles. The van der Waals surface area contributed by atoms with Crippen molar-refractivity contribution in [1.82, 2.24) is 9.96 Å². The summed E-state index contributed by atoms with van der Waals surface area (Å²) >= 11 is 0. The van der Waals surface area contributed by atoms with Gasteiger partial charge in [-0.3, -0.25) is 19.3 Å². The molecule has 158 valence electrons. The van der Waals surface area contributed by atoms with Gasteiger partial charge in [0.2, 0.25) is 0 Å². The summed E-state index contributed by atoms with van der Waals surface area (Å²) in [5.41, 5.74) is -0.363. The van der Waals surface area contributed by atoms with Crippen LogP contribution in [0.25, 0.3) is 0 Å². The van der Waals surface area contributed by atoms with Crippen LogP contribution in [0.3, 0.4) is 0 Å². The molecule has 3 amide bonds. The van der Waals surface area contributed by atoms with Gasteiger partial charge in [-0.15, -0.1) is 5.06 Å². The van der Waals surface area contributed by atoms with Crippen LogP contribution in [-0.4, -0.2) is 63.7 Å². The number of imide groups is 1. The first-order valence-corrected chi connectivity index (χ1v) is 9.27. The molecule has 29 heavy (non-hydrogen) atoms. The monoisotopic (exact) mass is 406 g/mol. The van der Waals surface area contributed by atoms with E-state index in [1.54, 1.807) is 46.8 Å². The van der Waals surface area contributed by atoms with Gasteiger partial charge in [-0.05, 0) is 38.8 Å². The zero-order valence-electron chi connectivity index (χ0n) is 17.2. The second kappa shape index (κ2) is 8.60. The Bertz CT molecular complexity index is 778. The molecule has 0 radical (unpaired) electrons. The third kappa shape index (κ3) is 5.11. The molecule has 1 atom stereocenters. The van der Waals surface area contributed by atoms with Gasteiger partial charge in [-0.25, -0.2) is 9.59 Å². The Morgan fingerprint density at radius 3 is 2.03 bits per heavy atom. The molecular formula is C20H26N2O7. The number of rotatable bonds is 7. The van der Waals surface area contributed by atoms with E-state index in [2.05, 4.69) is 0 Å². The minimum absolute atomic E-state index is 0.183. The van der Waals surface area contributed by atoms with Crippen LogP contribution in [0, 0.1) is 5.92 Å². The number of aliphatic carboxylic acids is 1. The number of hydroxylamine groups is 2. The first-order chi connectivity index (χ1) is 13.4. The molecule has 0 aliphatic carbocycles. The zero-order chi connectivity index (χ0) is 21.9. The molecule has 9 heteroatoms. The third-order valence-electron chi connectivity index (χ3n) is 4.16. The van der Waals surface area contributed by atoms with Gasteiger partial charge in [0.25, 0.3) is 11.8 Å². The average Bonchev–Trinajstić information content (AvgIpc) is 2.83. The lowest BCUT2D eigenvalue weighted by Crippen LogP contribution is -2.51. The molecule has 2 rings (SSSR count). The first-order valence-electron chi connectivity index (χ1n) is 9.27. The Morgan fingerprint density at radius 2 is 1.62 bits per heavy atom. The summed E-state index contributed by atoms with van der Waals surface area (Å²) in [5.74, 6) is -2.80. The first kappa shape index (κ1) is 22.4. The van der Waals surface area contributed by atoms with Crippen molar-refractivity contribution in [2.24, 2.45) is 5.92 Å². The van der Waals surface area contributed by atoms with E-state index in [0.29, 0.717) is 5.06 Å². The summed E-state index contributed by atoms with van der Waals surface area (Å²) in [6.07, 6.45) is -0.815. The fourth-order valence-electron chi connectivity index (χ4n) is 2.96. The molecule has 1 heterocycles. The predicted molar refractivity (Wildman–Crippen MR) is 102 cm³/mol. The summed E-state index contributed by atoms with van der Waals surface area (Å²) in [6.45, 7) is 7.90. The highest BCUT2D eigenvalue weighted by Crippen LogP contribution is 2.23. The molecule has 0 bridgehead atoms. The lowest BCUT2D eigenvalue weighted by molar-refractivity contribution is -0.146. The van der Waals surface area contributed by atoms with Crippen LogP contribution in [0.5, 0.6) is 0 Å². The second-order valence-corrected chi connectivity index (χ2v) is 7.98. The molecule has 1 unspecified atom stereocenters. The molecule has 9 nitrogen and oxygen atoms in total. The smallest absolute Gasteiger partial charge is 0.411 e. The number of carboxylic acids is 1. The third-order valence-corrected chi connectivity index (χ3v) is 4.16. The van der Waals surface area contributed by atoms with Crippen molar-refractivity contribution in [1.29, 1.82) is 0 Å². The Morgan fingerprint density at radius 1 is 1.10 bits per heavy atom. The van der Waals surface area contributed by atoms with Crippen molar-refractivity contribution in [2.45, 2.75) is 46.3 Å². The molecule has 1 N–H and O–H groups in total. The Hall–Kier alpha value is -2.94. The predicted octanol–water partition coefficient (Wildman–Crippen LogP) is 2.56. The Balaban J connectivity index is 2.12. The maximum absolute atomic E-state index is 12.6. The minimum Gasteiger partial charge on any atom is -0.480 e. The lowest BCUT2D eigenvalue weighted by atomic mass is 10.0. The molecule has 0 saturated heterocycles. The average molecular weight is 406 g/mol. The SMILES string of the molecule is CC(C)C(C(=O)O)N(CCON1C(=O)c2ccccc2C1=O)C(=O)OC(C)(C)C. The van der Waals surface area contributed by atoms with Crippen LogP contribution in [0.2, 0.25) is 0 Å². The molecule has 1 aliphatic rings. The molecule has 0 aromatic heterocycles. The lowest BCUT2D eigenvalue weighted by Gasteiger charge is -2.33. The number of carbonyl (C=O) groups excluding carboxylic acids is 3. The van der Waals surface area contributed by atoms with Crippen molar-refractivity contribution in [2.75, 3.05) is 13.2 Å². The van der Waals surface area contributed by atoms with Crippen molar-refractivity contribution >= 4 is 23.9 Å². The molecule has 1 aromatic rings. The van der Waals surface area contributed by atoms with Crippen LogP contribution in [0.4, 0.5) is 4.79 Å². The fourth-order valence-corrected chi connectivity index (χ4v) is 2.96. The van der Waals surface area contributed by atoms with Gasteiger partial charge in [0, 0.05) is 0 Å². The normalized spacial score (nSPS) is 14.8.